The standard InChI is InChI=1S/C12H26N2S/c1-4-5-9-13-12(15)14-10-7-6-8-11(2)3/h11H,4-10H2,1-3H3,(H2,13,14,15). The van der Waals surface area contributed by atoms with Crippen molar-refractivity contribution >= 4 is 17.3 Å². The number of hydrogen-bond donors (Lipinski definition) is 2. The highest BCUT2D eigenvalue weighted by Gasteiger charge is 1.95. The molecule has 0 atom stereocenters. The quantitative estimate of drug-likeness (QED) is 0.495. The molecule has 0 saturated carbocycles. The van der Waals surface area contributed by atoms with Crippen LogP contribution in [0.25, 0.3) is 0 Å². The van der Waals surface area contributed by atoms with Crippen molar-refractivity contribution in [2.45, 2.75) is 52.9 Å². The average molecular weight is 230 g/mol. The Bertz CT molecular complexity index is 158. The number of thiocarbonyl (C=S) groups is 1. The van der Waals surface area contributed by atoms with Gasteiger partial charge in [-0.1, -0.05) is 40.0 Å². The van der Waals surface area contributed by atoms with Crippen molar-refractivity contribution in [3.8, 4) is 0 Å². The van der Waals surface area contributed by atoms with Crippen LogP contribution in [0.1, 0.15) is 52.9 Å². The SMILES string of the molecule is CCCCNC(=S)NCCCCC(C)C. The lowest BCUT2D eigenvalue weighted by Crippen LogP contribution is -2.36. The van der Waals surface area contributed by atoms with Gasteiger partial charge in [0.25, 0.3) is 0 Å². The molecule has 0 heterocycles. The summed E-state index contributed by atoms with van der Waals surface area (Å²) in [4.78, 5) is 0. The van der Waals surface area contributed by atoms with Crippen LogP contribution >= 0.6 is 12.2 Å². The molecule has 0 aromatic carbocycles. The van der Waals surface area contributed by atoms with Gasteiger partial charge in [-0.15, -0.1) is 0 Å². The molecule has 3 heteroatoms. The molecule has 0 saturated heterocycles. The van der Waals surface area contributed by atoms with Gasteiger partial charge < -0.3 is 10.6 Å². The molecular weight excluding hydrogens is 204 g/mol. The predicted molar refractivity (Wildman–Crippen MR) is 72.2 cm³/mol. The zero-order chi connectivity index (χ0) is 11.5. The van der Waals surface area contributed by atoms with Gasteiger partial charge in [0, 0.05) is 13.1 Å². The van der Waals surface area contributed by atoms with E-state index in [-0.39, 0.29) is 0 Å². The Labute approximate surface area is 100 Å². The summed E-state index contributed by atoms with van der Waals surface area (Å²) < 4.78 is 0. The molecular formula is C12H26N2S. The van der Waals surface area contributed by atoms with Gasteiger partial charge in [0.15, 0.2) is 5.11 Å². The molecule has 0 spiro atoms. The normalized spacial score (nSPS) is 10.4. The van der Waals surface area contributed by atoms with Crippen LogP contribution in [0.4, 0.5) is 0 Å². The molecule has 0 rings (SSSR count). The molecule has 0 aliphatic carbocycles. The summed E-state index contributed by atoms with van der Waals surface area (Å²) in [5.74, 6) is 0.819. The maximum Gasteiger partial charge on any atom is 0.166 e. The Balaban J connectivity index is 3.17. The lowest BCUT2D eigenvalue weighted by molar-refractivity contribution is 0.535. The fourth-order valence-corrected chi connectivity index (χ4v) is 1.52. The summed E-state index contributed by atoms with van der Waals surface area (Å²) >= 11 is 5.15. The first-order chi connectivity index (χ1) is 7.16. The number of nitrogens with one attached hydrogen (secondary N) is 2. The van der Waals surface area contributed by atoms with E-state index in [1.807, 2.05) is 0 Å². The molecule has 15 heavy (non-hydrogen) atoms. The van der Waals surface area contributed by atoms with Crippen LogP contribution < -0.4 is 10.6 Å². The highest BCUT2D eigenvalue weighted by molar-refractivity contribution is 7.80. The smallest absolute Gasteiger partial charge is 0.166 e. The monoisotopic (exact) mass is 230 g/mol. The molecule has 0 amide bonds. The molecule has 0 unspecified atom stereocenters. The summed E-state index contributed by atoms with van der Waals surface area (Å²) in [6.45, 7) is 8.72. The van der Waals surface area contributed by atoms with Crippen molar-refractivity contribution in [3.63, 3.8) is 0 Å². The van der Waals surface area contributed by atoms with Gasteiger partial charge in [-0.25, -0.2) is 0 Å². The van der Waals surface area contributed by atoms with Crippen molar-refractivity contribution in [1.29, 1.82) is 0 Å². The van der Waals surface area contributed by atoms with E-state index in [9.17, 15) is 0 Å². The summed E-state index contributed by atoms with van der Waals surface area (Å²) in [7, 11) is 0. The van der Waals surface area contributed by atoms with Crippen molar-refractivity contribution in [3.05, 3.63) is 0 Å². The van der Waals surface area contributed by atoms with Crippen molar-refractivity contribution in [1.82, 2.24) is 10.6 Å². The van der Waals surface area contributed by atoms with Gasteiger partial charge in [0.2, 0.25) is 0 Å². The number of unbranched alkanes of at least 4 members (excludes halogenated alkanes) is 2. The second-order valence-electron chi connectivity index (χ2n) is 4.43. The van der Waals surface area contributed by atoms with E-state index in [0.29, 0.717) is 0 Å². The topological polar surface area (TPSA) is 24.1 Å². The fraction of sp³-hybridized carbons (Fsp3) is 0.917. The third-order valence-electron chi connectivity index (χ3n) is 2.31. The predicted octanol–water partition coefficient (Wildman–Crippen LogP) is 3.08. The maximum atomic E-state index is 5.15. The maximum absolute atomic E-state index is 5.15. The van der Waals surface area contributed by atoms with E-state index in [0.717, 1.165) is 24.1 Å². The van der Waals surface area contributed by atoms with E-state index in [1.165, 1.54) is 32.1 Å². The zero-order valence-electron chi connectivity index (χ0n) is 10.4. The number of hydrogen-bond acceptors (Lipinski definition) is 1. The Morgan fingerprint density at radius 3 is 2.20 bits per heavy atom. The minimum absolute atomic E-state index is 0.813. The van der Waals surface area contributed by atoms with Crippen molar-refractivity contribution in [2.24, 2.45) is 5.92 Å². The third-order valence-corrected chi connectivity index (χ3v) is 2.60. The summed E-state index contributed by atoms with van der Waals surface area (Å²) in [6.07, 6.45) is 6.23. The van der Waals surface area contributed by atoms with Crippen LogP contribution in [-0.2, 0) is 0 Å². The van der Waals surface area contributed by atoms with Gasteiger partial charge in [0.1, 0.15) is 0 Å². The largest absolute Gasteiger partial charge is 0.363 e. The Morgan fingerprint density at radius 2 is 1.67 bits per heavy atom. The lowest BCUT2D eigenvalue weighted by Gasteiger charge is -2.10. The van der Waals surface area contributed by atoms with Gasteiger partial charge in [-0.05, 0) is 31.0 Å². The zero-order valence-corrected chi connectivity index (χ0v) is 11.3. The molecule has 0 fully saturated rings. The van der Waals surface area contributed by atoms with Gasteiger partial charge >= 0.3 is 0 Å². The van der Waals surface area contributed by atoms with Crippen molar-refractivity contribution in [2.75, 3.05) is 13.1 Å². The molecule has 2 N–H and O–H groups in total. The Kier molecular flexibility index (Phi) is 10.0. The Morgan fingerprint density at radius 1 is 1.07 bits per heavy atom. The molecule has 0 aliphatic heterocycles. The summed E-state index contributed by atoms with van der Waals surface area (Å²) in [5, 5.41) is 7.25. The summed E-state index contributed by atoms with van der Waals surface area (Å²) in [5.41, 5.74) is 0. The van der Waals surface area contributed by atoms with Gasteiger partial charge in [-0.3, -0.25) is 0 Å². The van der Waals surface area contributed by atoms with E-state index < -0.39 is 0 Å². The second-order valence-corrected chi connectivity index (χ2v) is 4.83. The molecule has 0 bridgehead atoms. The first kappa shape index (κ1) is 14.7. The van der Waals surface area contributed by atoms with E-state index in [2.05, 4.69) is 31.4 Å². The highest BCUT2D eigenvalue weighted by Crippen LogP contribution is 2.04. The third kappa shape index (κ3) is 11.6. The minimum Gasteiger partial charge on any atom is -0.363 e. The second kappa shape index (κ2) is 10.2. The minimum atomic E-state index is 0.813. The molecule has 0 aliphatic rings. The van der Waals surface area contributed by atoms with Crippen LogP contribution in [-0.4, -0.2) is 18.2 Å². The van der Waals surface area contributed by atoms with Gasteiger partial charge in [-0.2, -0.15) is 0 Å². The lowest BCUT2D eigenvalue weighted by atomic mass is 10.1. The Hall–Kier alpha value is -0.310. The number of rotatable bonds is 8. The van der Waals surface area contributed by atoms with Gasteiger partial charge in [0.05, 0.1) is 0 Å². The van der Waals surface area contributed by atoms with Crippen LogP contribution in [0.3, 0.4) is 0 Å². The van der Waals surface area contributed by atoms with Crippen LogP contribution in [0.15, 0.2) is 0 Å². The molecule has 2 nitrogen and oxygen atoms in total. The first-order valence-electron chi connectivity index (χ1n) is 6.18. The molecule has 0 aromatic rings. The van der Waals surface area contributed by atoms with Crippen LogP contribution in [0.2, 0.25) is 0 Å². The van der Waals surface area contributed by atoms with Crippen LogP contribution in [0.5, 0.6) is 0 Å². The fourth-order valence-electron chi connectivity index (χ4n) is 1.32. The highest BCUT2D eigenvalue weighted by atomic mass is 32.1. The summed E-state index contributed by atoms with van der Waals surface area (Å²) in [6, 6.07) is 0. The molecule has 0 radical (unpaired) electrons. The first-order valence-corrected chi connectivity index (χ1v) is 6.59. The van der Waals surface area contributed by atoms with E-state index in [1.54, 1.807) is 0 Å². The van der Waals surface area contributed by atoms with E-state index in [4.69, 9.17) is 12.2 Å². The van der Waals surface area contributed by atoms with E-state index >= 15 is 0 Å². The molecule has 0 aromatic heterocycles. The van der Waals surface area contributed by atoms with Crippen molar-refractivity contribution < 1.29 is 0 Å². The molecule has 90 valence electrons. The average Bonchev–Trinajstić information content (AvgIpc) is 2.17. The van der Waals surface area contributed by atoms with Crippen LogP contribution in [0, 0.1) is 5.92 Å².